The molecule has 3 unspecified atom stereocenters. The smallest absolute Gasteiger partial charge is 0.244 e. The number of ether oxygens (including phenoxy) is 1. The summed E-state index contributed by atoms with van der Waals surface area (Å²) in [5.74, 6) is -0.839. The minimum Gasteiger partial charge on any atom is -0.494 e. The third-order valence-corrected chi connectivity index (χ3v) is 10.9. The van der Waals surface area contributed by atoms with E-state index in [9.17, 15) is 19.5 Å². The van der Waals surface area contributed by atoms with Crippen molar-refractivity contribution >= 4 is 35.2 Å². The van der Waals surface area contributed by atoms with Gasteiger partial charge in [0.2, 0.25) is 17.7 Å². The third kappa shape index (κ3) is 4.81. The van der Waals surface area contributed by atoms with Crippen LogP contribution in [-0.4, -0.2) is 69.6 Å². The van der Waals surface area contributed by atoms with Crippen LogP contribution < -0.4 is 15.4 Å². The summed E-state index contributed by atoms with van der Waals surface area (Å²) in [5.41, 5.74) is 0.650. The van der Waals surface area contributed by atoms with Crippen molar-refractivity contribution < 1.29 is 24.2 Å². The molecular weight excluding hydrogens is 502 g/mol. The Kier molecular flexibility index (Phi) is 8.97. The first-order valence-electron chi connectivity index (χ1n) is 14.2. The minimum absolute atomic E-state index is 0.0127. The van der Waals surface area contributed by atoms with Crippen molar-refractivity contribution in [2.45, 2.75) is 82.4 Å². The van der Waals surface area contributed by atoms with Crippen LogP contribution in [0.25, 0.3) is 0 Å². The number of likely N-dealkylation sites (tertiary alicyclic amines) is 1. The molecule has 0 saturated carbocycles. The number of anilines is 1. The molecule has 2 bridgehead atoms. The predicted octanol–water partition coefficient (Wildman–Crippen LogP) is 3.68. The number of hydrogen-bond acceptors (Lipinski definition) is 6. The van der Waals surface area contributed by atoms with Crippen LogP contribution in [0, 0.1) is 23.7 Å². The van der Waals surface area contributed by atoms with Crippen LogP contribution in [-0.2, 0) is 14.4 Å². The molecular formula is C29H43N3O5S. The van der Waals surface area contributed by atoms with E-state index in [0.717, 1.165) is 31.4 Å². The summed E-state index contributed by atoms with van der Waals surface area (Å²) >= 11 is 1.66. The number of nitrogens with one attached hydrogen (secondary N) is 2. The highest BCUT2D eigenvalue weighted by Crippen LogP contribution is 2.69. The zero-order valence-electron chi connectivity index (χ0n) is 23.2. The molecule has 3 amide bonds. The summed E-state index contributed by atoms with van der Waals surface area (Å²) in [5, 5.41) is 16.5. The maximum absolute atomic E-state index is 14.3. The monoisotopic (exact) mass is 545 g/mol. The molecule has 38 heavy (non-hydrogen) atoms. The van der Waals surface area contributed by atoms with E-state index in [1.807, 2.05) is 32.9 Å². The summed E-state index contributed by atoms with van der Waals surface area (Å²) in [6.07, 6.45) is 3.35. The quantitative estimate of drug-likeness (QED) is 0.346. The molecule has 3 aliphatic rings. The SMILES string of the molecule is CCCCNC(=O)C1N([C@@H](CO)[C@@H](C)CC)C(=O)[C@@H]2[C@@H](C(=O)Nc3ccc(OCC)cc3)[C@H]3CC(C)C12S3. The second-order valence-corrected chi connectivity index (χ2v) is 12.6. The third-order valence-electron chi connectivity index (χ3n) is 8.84. The molecule has 3 fully saturated rings. The van der Waals surface area contributed by atoms with Crippen molar-refractivity contribution in [2.75, 3.05) is 25.1 Å². The molecule has 4 rings (SSSR count). The predicted molar refractivity (Wildman–Crippen MR) is 150 cm³/mol. The van der Waals surface area contributed by atoms with E-state index in [1.165, 1.54) is 0 Å². The van der Waals surface area contributed by atoms with Crippen molar-refractivity contribution in [3.8, 4) is 5.75 Å². The second kappa shape index (κ2) is 11.9. The van der Waals surface area contributed by atoms with Crippen LogP contribution in [0.4, 0.5) is 5.69 Å². The fourth-order valence-corrected chi connectivity index (χ4v) is 9.15. The van der Waals surface area contributed by atoms with Gasteiger partial charge in [-0.2, -0.15) is 0 Å². The molecule has 3 N–H and O–H groups in total. The lowest BCUT2D eigenvalue weighted by Gasteiger charge is -2.41. The Balaban J connectivity index is 1.68. The molecule has 3 aliphatic heterocycles. The summed E-state index contributed by atoms with van der Waals surface area (Å²) in [4.78, 5) is 43.5. The van der Waals surface area contributed by atoms with Crippen molar-refractivity contribution in [1.82, 2.24) is 10.2 Å². The first-order valence-corrected chi connectivity index (χ1v) is 15.0. The first-order chi connectivity index (χ1) is 18.2. The summed E-state index contributed by atoms with van der Waals surface area (Å²) < 4.78 is 4.81. The van der Waals surface area contributed by atoms with Gasteiger partial charge in [0.15, 0.2) is 0 Å². The zero-order valence-corrected chi connectivity index (χ0v) is 24.1. The molecule has 9 heteroatoms. The van der Waals surface area contributed by atoms with Gasteiger partial charge in [0.25, 0.3) is 0 Å². The largest absolute Gasteiger partial charge is 0.494 e. The first kappa shape index (κ1) is 28.7. The van der Waals surface area contributed by atoms with E-state index in [-0.39, 0.29) is 41.4 Å². The van der Waals surface area contributed by atoms with E-state index >= 15 is 0 Å². The number of carbonyl (C=O) groups excluding carboxylic acids is 3. The van der Waals surface area contributed by atoms with Crippen LogP contribution >= 0.6 is 11.8 Å². The number of thioether (sulfide) groups is 1. The van der Waals surface area contributed by atoms with Gasteiger partial charge in [-0.1, -0.05) is 40.5 Å². The van der Waals surface area contributed by atoms with E-state index in [4.69, 9.17) is 4.74 Å². The zero-order chi connectivity index (χ0) is 27.6. The van der Waals surface area contributed by atoms with Crippen LogP contribution in [0.3, 0.4) is 0 Å². The normalized spacial score (nSPS) is 31.2. The van der Waals surface area contributed by atoms with Crippen LogP contribution in [0.15, 0.2) is 24.3 Å². The Labute approximate surface area is 230 Å². The molecule has 3 heterocycles. The average Bonchev–Trinajstić information content (AvgIpc) is 3.49. The van der Waals surface area contributed by atoms with Gasteiger partial charge in [0.1, 0.15) is 11.8 Å². The molecule has 3 saturated heterocycles. The van der Waals surface area contributed by atoms with E-state index < -0.39 is 28.7 Å². The topological polar surface area (TPSA) is 108 Å². The van der Waals surface area contributed by atoms with Gasteiger partial charge in [-0.3, -0.25) is 14.4 Å². The number of fused-ring (bicyclic) bond motifs is 1. The van der Waals surface area contributed by atoms with Crippen molar-refractivity contribution in [3.63, 3.8) is 0 Å². The second-order valence-electron chi connectivity index (χ2n) is 11.0. The summed E-state index contributed by atoms with van der Waals surface area (Å²) in [6, 6.07) is 6.05. The lowest BCUT2D eigenvalue weighted by molar-refractivity contribution is -0.143. The Hall–Kier alpha value is -2.26. The highest BCUT2D eigenvalue weighted by atomic mass is 32.2. The van der Waals surface area contributed by atoms with E-state index in [1.54, 1.807) is 28.8 Å². The fraction of sp³-hybridized carbons (Fsp3) is 0.690. The summed E-state index contributed by atoms with van der Waals surface area (Å²) in [6.45, 7) is 11.0. The van der Waals surface area contributed by atoms with Crippen LogP contribution in [0.2, 0.25) is 0 Å². The Morgan fingerprint density at radius 2 is 1.92 bits per heavy atom. The van der Waals surface area contributed by atoms with Crippen molar-refractivity contribution in [1.29, 1.82) is 0 Å². The molecule has 210 valence electrons. The number of amides is 3. The van der Waals surface area contributed by atoms with Crippen molar-refractivity contribution in [3.05, 3.63) is 24.3 Å². The number of aliphatic hydroxyl groups is 1. The standard InChI is InChI=1S/C29H43N3O5S/c1-6-9-14-30-27(35)25-29-18(5)15-22(38-29)23(24(29)28(36)32(25)21(16-33)17(4)7-2)26(34)31-19-10-12-20(13-11-19)37-8-3/h10-13,17-18,21-25,33H,6-9,14-16H2,1-5H3,(H,30,35)(H,31,34)/t17-,18?,21-,22+,23-,24-,25?,29?/m0/s1. The van der Waals surface area contributed by atoms with Gasteiger partial charge < -0.3 is 25.4 Å². The van der Waals surface area contributed by atoms with E-state index in [2.05, 4.69) is 24.5 Å². The molecule has 1 aromatic carbocycles. The number of carbonyl (C=O) groups is 3. The Morgan fingerprint density at radius 1 is 1.21 bits per heavy atom. The molecule has 8 nitrogen and oxygen atoms in total. The van der Waals surface area contributed by atoms with Gasteiger partial charge in [-0.15, -0.1) is 11.8 Å². The molecule has 0 aliphatic carbocycles. The van der Waals surface area contributed by atoms with Crippen LogP contribution in [0.5, 0.6) is 5.75 Å². The van der Waals surface area contributed by atoms with Gasteiger partial charge in [0, 0.05) is 17.5 Å². The summed E-state index contributed by atoms with van der Waals surface area (Å²) in [7, 11) is 0. The van der Waals surface area contributed by atoms with Gasteiger partial charge in [0.05, 0.1) is 35.8 Å². The van der Waals surface area contributed by atoms with Gasteiger partial charge in [-0.05, 0) is 55.9 Å². The number of benzene rings is 1. The number of rotatable bonds is 12. The van der Waals surface area contributed by atoms with Gasteiger partial charge >= 0.3 is 0 Å². The maximum atomic E-state index is 14.3. The number of nitrogens with zero attached hydrogens (tertiary/aromatic N) is 1. The molecule has 1 spiro atoms. The lowest BCUT2D eigenvalue weighted by atomic mass is 9.66. The number of hydrogen-bond donors (Lipinski definition) is 3. The minimum atomic E-state index is -0.712. The van der Waals surface area contributed by atoms with Crippen molar-refractivity contribution in [2.24, 2.45) is 23.7 Å². The average molecular weight is 546 g/mol. The maximum Gasteiger partial charge on any atom is 0.244 e. The fourth-order valence-electron chi connectivity index (χ4n) is 6.74. The Bertz CT molecular complexity index is 1020. The molecule has 0 radical (unpaired) electrons. The molecule has 1 aromatic rings. The highest BCUT2D eigenvalue weighted by molar-refractivity contribution is 8.02. The van der Waals surface area contributed by atoms with Gasteiger partial charge in [-0.25, -0.2) is 0 Å². The Morgan fingerprint density at radius 3 is 2.53 bits per heavy atom. The van der Waals surface area contributed by atoms with E-state index in [0.29, 0.717) is 18.8 Å². The number of aliphatic hydroxyl groups excluding tert-OH is 1. The van der Waals surface area contributed by atoms with Crippen LogP contribution in [0.1, 0.15) is 60.3 Å². The molecule has 0 aromatic heterocycles. The number of unbranched alkanes of at least 4 members (excludes halogenated alkanes) is 1. The molecule has 8 atom stereocenters. The highest BCUT2D eigenvalue weighted by Gasteiger charge is 2.76. The lowest BCUT2D eigenvalue weighted by Crippen LogP contribution is -2.59.